The van der Waals surface area contributed by atoms with Crippen LogP contribution in [0.15, 0.2) is 41.3 Å². The molecule has 1 aliphatic rings. The highest BCUT2D eigenvalue weighted by Gasteiger charge is 2.16. The molecule has 25 heavy (non-hydrogen) atoms. The summed E-state index contributed by atoms with van der Waals surface area (Å²) < 4.78 is 36.8. The van der Waals surface area contributed by atoms with E-state index in [1.165, 1.54) is 35.1 Å². The molecule has 0 saturated carbocycles. The third kappa shape index (κ3) is 6.51. The van der Waals surface area contributed by atoms with Crippen LogP contribution in [0.4, 0.5) is 0 Å². The van der Waals surface area contributed by atoms with Crippen LogP contribution < -0.4 is 4.74 Å². The largest absolute Gasteiger partial charge is 0.491 e. The van der Waals surface area contributed by atoms with E-state index in [-0.39, 0.29) is 10.9 Å². The van der Waals surface area contributed by atoms with Gasteiger partial charge < -0.3 is 9.47 Å². The fourth-order valence-corrected chi connectivity index (χ4v) is 5.59. The van der Waals surface area contributed by atoms with Crippen LogP contribution in [-0.2, 0) is 14.9 Å². The van der Waals surface area contributed by atoms with Gasteiger partial charge in [0.1, 0.15) is 12.4 Å². The molecule has 7 heteroatoms. The summed E-state index contributed by atoms with van der Waals surface area (Å²) in [6, 6.07) is 13.1. The average molecular weight is 387 g/mol. The molecule has 3 rings (SSSR count). The maximum atomic E-state index is 9.19. The Hall–Kier alpha value is -1.28. The first kappa shape index (κ1) is 20.0. The number of hydrogen-bond acceptors (Lipinski definition) is 4. The average Bonchev–Trinajstić information content (AvgIpc) is 3.08. The van der Waals surface area contributed by atoms with Gasteiger partial charge in [0.2, 0.25) is 0 Å². The van der Waals surface area contributed by atoms with E-state index in [2.05, 4.69) is 36.4 Å². The summed E-state index contributed by atoms with van der Waals surface area (Å²) in [4.78, 5) is 1.56. The number of rotatable bonds is 5. The monoisotopic (exact) mass is 386 g/mol. The Balaban J connectivity index is 0.000000399. The van der Waals surface area contributed by atoms with Gasteiger partial charge in [-0.05, 0) is 46.8 Å². The molecule has 1 fully saturated rings. The van der Waals surface area contributed by atoms with E-state index in [1.54, 1.807) is 12.0 Å². The van der Waals surface area contributed by atoms with Crippen LogP contribution in [0.3, 0.4) is 0 Å². The molecular weight excluding hydrogens is 360 g/mol. The molecule has 0 bridgehead atoms. The summed E-state index contributed by atoms with van der Waals surface area (Å²) >= 11 is 0. The molecule has 0 unspecified atom stereocenters. The zero-order chi connectivity index (χ0) is 18.3. The van der Waals surface area contributed by atoms with E-state index >= 15 is 0 Å². The van der Waals surface area contributed by atoms with Crippen molar-refractivity contribution in [2.75, 3.05) is 38.1 Å². The topological polar surface area (TPSA) is 72.8 Å². The number of benzene rings is 2. The molecule has 1 N–H and O–H groups in total. The lowest BCUT2D eigenvalue weighted by atomic mass is 10.1. The number of thiol groups is 1. The molecule has 1 saturated heterocycles. The molecule has 0 aromatic heterocycles. The Bertz CT molecular complexity index is 775. The maximum Gasteiger partial charge on any atom is 0.261 e. The van der Waals surface area contributed by atoms with Crippen LogP contribution in [0, 0.1) is 0 Å². The van der Waals surface area contributed by atoms with Crippen LogP contribution in [-0.4, -0.2) is 51.1 Å². The summed E-state index contributed by atoms with van der Waals surface area (Å²) in [6.07, 6.45) is 3.51. The lowest BCUT2D eigenvalue weighted by molar-refractivity contribution is 0.147. The van der Waals surface area contributed by atoms with Crippen molar-refractivity contribution >= 4 is 31.8 Å². The Kier molecular flexibility index (Phi) is 7.56. The highest BCUT2D eigenvalue weighted by molar-refractivity contribution is 8.17. The third-order valence-corrected chi connectivity index (χ3v) is 6.64. The van der Waals surface area contributed by atoms with Crippen molar-refractivity contribution in [2.45, 2.75) is 17.7 Å². The number of hydrogen-bond donors (Lipinski definition) is 2. The van der Waals surface area contributed by atoms with Gasteiger partial charge in [0, 0.05) is 12.5 Å². The van der Waals surface area contributed by atoms with Gasteiger partial charge in [-0.25, -0.2) is 10.9 Å². The van der Waals surface area contributed by atoms with Gasteiger partial charge in [-0.1, -0.05) is 24.3 Å². The Morgan fingerprint density at radius 3 is 2.24 bits per heavy atom. The molecule has 1 heterocycles. The zero-order valence-electron chi connectivity index (χ0n) is 14.6. The third-order valence-electron chi connectivity index (χ3n) is 3.85. The van der Waals surface area contributed by atoms with E-state index in [0.717, 1.165) is 5.75 Å². The molecule has 0 spiro atoms. The minimum absolute atomic E-state index is 0.0514. The highest BCUT2D eigenvalue weighted by atomic mass is 32.2. The maximum absolute atomic E-state index is 9.19. The second-order valence-electron chi connectivity index (χ2n) is 5.90. The lowest BCUT2D eigenvalue weighted by Crippen LogP contribution is -2.04. The van der Waals surface area contributed by atoms with Gasteiger partial charge >= 0.3 is 0 Å². The van der Waals surface area contributed by atoms with Crippen molar-refractivity contribution in [3.63, 3.8) is 0 Å². The fourth-order valence-electron chi connectivity index (χ4n) is 2.85. The van der Waals surface area contributed by atoms with E-state index in [0.29, 0.717) is 19.5 Å². The number of fused-ring (bicyclic) bond motifs is 1. The molecule has 0 atom stereocenters. The van der Waals surface area contributed by atoms with Gasteiger partial charge in [-0.2, -0.15) is 8.42 Å². The van der Waals surface area contributed by atoms with Crippen LogP contribution in [0.2, 0.25) is 0 Å². The molecule has 0 radical (unpaired) electrons. The standard InChI is InChI=1S/C17H22O2S.CH4O3S/c1-18-10-11-19-16-8-9-17(20-12-4-5-13-20)15-7-3-2-6-14(15)16;1-5(2,3)4/h2-3,6-9,20H,4-5,10-13H2,1H3;1H3,(H,2,3,4). The van der Waals surface area contributed by atoms with Gasteiger partial charge in [0.15, 0.2) is 0 Å². The SMILES string of the molecule is COCCOc1ccc([SH]2CCCC2)c2ccccc12.CS(=O)(=O)O. The Labute approximate surface area is 152 Å². The molecule has 0 aliphatic carbocycles. The molecular formula is C18H26O5S2. The van der Waals surface area contributed by atoms with Crippen molar-refractivity contribution in [1.29, 1.82) is 0 Å². The van der Waals surface area contributed by atoms with Gasteiger partial charge in [-0.3, -0.25) is 4.55 Å². The van der Waals surface area contributed by atoms with Crippen LogP contribution in [0.5, 0.6) is 5.75 Å². The Morgan fingerprint density at radius 2 is 1.64 bits per heavy atom. The van der Waals surface area contributed by atoms with Crippen molar-refractivity contribution in [3.8, 4) is 5.75 Å². The normalized spacial score (nSPS) is 15.7. The molecule has 2 aromatic carbocycles. The zero-order valence-corrected chi connectivity index (χ0v) is 16.4. The summed E-state index contributed by atoms with van der Waals surface area (Å²) in [5, 5.41) is 2.63. The first-order valence-electron chi connectivity index (χ1n) is 8.21. The summed E-state index contributed by atoms with van der Waals surface area (Å²) in [7, 11) is -1.91. The van der Waals surface area contributed by atoms with E-state index in [9.17, 15) is 8.42 Å². The quantitative estimate of drug-likeness (QED) is 0.467. The summed E-state index contributed by atoms with van der Waals surface area (Å²) in [6.45, 7) is 1.23. The van der Waals surface area contributed by atoms with E-state index in [4.69, 9.17) is 14.0 Å². The second kappa shape index (κ2) is 9.43. The van der Waals surface area contributed by atoms with E-state index in [1.807, 2.05) is 0 Å². The molecule has 5 nitrogen and oxygen atoms in total. The predicted molar refractivity (Wildman–Crippen MR) is 105 cm³/mol. The number of methoxy groups -OCH3 is 1. The molecule has 2 aromatic rings. The number of ether oxygens (including phenoxy) is 2. The summed E-state index contributed by atoms with van der Waals surface area (Å²) in [5.74, 6) is 3.77. The van der Waals surface area contributed by atoms with Crippen molar-refractivity contribution in [1.82, 2.24) is 0 Å². The highest BCUT2D eigenvalue weighted by Crippen LogP contribution is 2.47. The minimum atomic E-state index is -3.67. The van der Waals surface area contributed by atoms with E-state index < -0.39 is 10.1 Å². The van der Waals surface area contributed by atoms with Gasteiger partial charge in [-0.15, -0.1) is 0 Å². The van der Waals surface area contributed by atoms with Gasteiger partial charge in [0.05, 0.1) is 12.9 Å². The second-order valence-corrected chi connectivity index (χ2v) is 9.82. The van der Waals surface area contributed by atoms with Crippen molar-refractivity contribution in [3.05, 3.63) is 36.4 Å². The molecule has 1 aliphatic heterocycles. The molecule has 0 amide bonds. The smallest absolute Gasteiger partial charge is 0.261 e. The van der Waals surface area contributed by atoms with Crippen molar-refractivity contribution in [2.24, 2.45) is 0 Å². The summed E-state index contributed by atoms with van der Waals surface area (Å²) in [5.41, 5.74) is 0. The Morgan fingerprint density at radius 1 is 1.04 bits per heavy atom. The van der Waals surface area contributed by atoms with Crippen LogP contribution >= 0.6 is 10.9 Å². The first-order chi connectivity index (χ1) is 11.9. The molecule has 140 valence electrons. The first-order valence-corrected chi connectivity index (χ1v) is 11.8. The lowest BCUT2D eigenvalue weighted by Gasteiger charge is -2.19. The fraction of sp³-hybridized carbons (Fsp3) is 0.444. The van der Waals surface area contributed by atoms with Gasteiger partial charge in [0.25, 0.3) is 10.1 Å². The predicted octanol–water partition coefficient (Wildman–Crippen LogP) is 3.52. The van der Waals surface area contributed by atoms with Crippen LogP contribution in [0.25, 0.3) is 10.8 Å². The minimum Gasteiger partial charge on any atom is -0.491 e. The van der Waals surface area contributed by atoms with Crippen molar-refractivity contribution < 1.29 is 22.4 Å². The van der Waals surface area contributed by atoms with Crippen LogP contribution in [0.1, 0.15) is 12.8 Å².